The summed E-state index contributed by atoms with van der Waals surface area (Å²) in [5.74, 6) is 0.747. The van der Waals surface area contributed by atoms with Gasteiger partial charge in [0, 0.05) is 17.3 Å². The van der Waals surface area contributed by atoms with Crippen LogP contribution in [0, 0.1) is 5.92 Å². The van der Waals surface area contributed by atoms with Gasteiger partial charge in [-0.15, -0.1) is 0 Å². The van der Waals surface area contributed by atoms with Crippen molar-refractivity contribution in [3.63, 3.8) is 0 Å². The summed E-state index contributed by atoms with van der Waals surface area (Å²) in [6.45, 7) is 2.74. The van der Waals surface area contributed by atoms with Crippen molar-refractivity contribution in [1.82, 2.24) is 0 Å². The molecule has 5 heteroatoms. The number of hydrogen-bond acceptors (Lipinski definition) is 3. The molecule has 1 aliphatic rings. The molecular formula is C10H19ClO3S. The summed E-state index contributed by atoms with van der Waals surface area (Å²) in [7, 11) is 1.75. The van der Waals surface area contributed by atoms with Gasteiger partial charge >= 0.3 is 0 Å². The summed E-state index contributed by atoms with van der Waals surface area (Å²) in [5.41, 5.74) is 0. The van der Waals surface area contributed by atoms with Crippen LogP contribution in [-0.2, 0) is 13.8 Å². The fraction of sp³-hybridized carbons (Fsp3) is 1.00. The molecular weight excluding hydrogens is 236 g/mol. The average Bonchev–Trinajstić information content (AvgIpc) is 2.11. The molecule has 0 radical (unpaired) electrons. The highest BCUT2D eigenvalue weighted by atomic mass is 35.7. The van der Waals surface area contributed by atoms with Crippen LogP contribution in [0.5, 0.6) is 0 Å². The molecule has 0 bridgehead atoms. The Morgan fingerprint density at radius 3 is 2.73 bits per heavy atom. The molecule has 1 aliphatic carbocycles. The summed E-state index contributed by atoms with van der Waals surface area (Å²) in [6, 6.07) is 0. The van der Waals surface area contributed by atoms with Gasteiger partial charge in [0.05, 0.1) is 11.9 Å². The second kappa shape index (κ2) is 6.06. The molecule has 2 unspecified atom stereocenters. The molecule has 0 aromatic heterocycles. The summed E-state index contributed by atoms with van der Waals surface area (Å²) in [5, 5.41) is 0. The second-order valence-corrected chi connectivity index (χ2v) is 7.26. The van der Waals surface area contributed by atoms with Crippen LogP contribution in [0.25, 0.3) is 0 Å². The van der Waals surface area contributed by atoms with Gasteiger partial charge < -0.3 is 4.74 Å². The first kappa shape index (κ1) is 13.3. The molecule has 0 heterocycles. The van der Waals surface area contributed by atoms with Crippen LogP contribution in [0.4, 0.5) is 0 Å². The Hall–Kier alpha value is 0.200. The van der Waals surface area contributed by atoms with Crippen molar-refractivity contribution in [2.45, 2.75) is 45.1 Å². The van der Waals surface area contributed by atoms with Crippen molar-refractivity contribution in [1.29, 1.82) is 0 Å². The fourth-order valence-corrected chi connectivity index (χ4v) is 2.80. The standard InChI is InChI=1S/C10H19ClO3S/c1-9-4-2-5-10(8-9)14-6-3-7-15(11,12)13/h9-10H,2-8H2,1H3. The molecule has 0 aromatic rings. The molecule has 0 aromatic carbocycles. The van der Waals surface area contributed by atoms with Gasteiger partial charge in [-0.1, -0.05) is 19.8 Å². The first-order valence-corrected chi connectivity index (χ1v) is 7.99. The van der Waals surface area contributed by atoms with E-state index in [1.54, 1.807) is 0 Å². The van der Waals surface area contributed by atoms with E-state index >= 15 is 0 Å². The highest BCUT2D eigenvalue weighted by Gasteiger charge is 2.19. The van der Waals surface area contributed by atoms with Crippen molar-refractivity contribution in [2.75, 3.05) is 12.4 Å². The molecule has 0 N–H and O–H groups in total. The molecule has 1 rings (SSSR count). The largest absolute Gasteiger partial charge is 0.378 e. The number of ether oxygens (including phenoxy) is 1. The van der Waals surface area contributed by atoms with Crippen molar-refractivity contribution in [2.24, 2.45) is 5.92 Å². The minimum atomic E-state index is -3.35. The van der Waals surface area contributed by atoms with Gasteiger partial charge in [0.15, 0.2) is 0 Å². The molecule has 0 saturated heterocycles. The van der Waals surface area contributed by atoms with E-state index in [4.69, 9.17) is 15.4 Å². The van der Waals surface area contributed by atoms with Crippen LogP contribution in [-0.4, -0.2) is 26.9 Å². The monoisotopic (exact) mass is 254 g/mol. The zero-order valence-electron chi connectivity index (χ0n) is 9.12. The lowest BCUT2D eigenvalue weighted by molar-refractivity contribution is 0.0163. The minimum absolute atomic E-state index is 0.0107. The Balaban J connectivity index is 2.09. The molecule has 0 spiro atoms. The third kappa shape index (κ3) is 6.38. The Morgan fingerprint density at radius 2 is 2.13 bits per heavy atom. The lowest BCUT2D eigenvalue weighted by atomic mass is 9.89. The van der Waals surface area contributed by atoms with Gasteiger partial charge in [0.1, 0.15) is 0 Å². The Bertz CT molecular complexity index is 276. The maximum Gasteiger partial charge on any atom is 0.232 e. The van der Waals surface area contributed by atoms with Gasteiger partial charge in [0.2, 0.25) is 9.05 Å². The van der Waals surface area contributed by atoms with Gasteiger partial charge in [-0.25, -0.2) is 8.42 Å². The van der Waals surface area contributed by atoms with Gasteiger partial charge in [-0.2, -0.15) is 0 Å². The zero-order valence-corrected chi connectivity index (χ0v) is 10.7. The minimum Gasteiger partial charge on any atom is -0.378 e. The van der Waals surface area contributed by atoms with Gasteiger partial charge in [-0.3, -0.25) is 0 Å². The SMILES string of the molecule is CC1CCCC(OCCCS(=O)(=O)Cl)C1. The van der Waals surface area contributed by atoms with Crippen molar-refractivity contribution in [3.05, 3.63) is 0 Å². The predicted octanol–water partition coefficient (Wildman–Crippen LogP) is 2.54. The van der Waals surface area contributed by atoms with Crippen LogP contribution >= 0.6 is 10.7 Å². The Kier molecular flexibility index (Phi) is 5.36. The topological polar surface area (TPSA) is 43.4 Å². The van der Waals surface area contributed by atoms with E-state index in [2.05, 4.69) is 6.92 Å². The van der Waals surface area contributed by atoms with Crippen LogP contribution in [0.15, 0.2) is 0 Å². The molecule has 0 amide bonds. The van der Waals surface area contributed by atoms with Crippen molar-refractivity contribution < 1.29 is 13.2 Å². The molecule has 2 atom stereocenters. The van der Waals surface area contributed by atoms with Crippen LogP contribution < -0.4 is 0 Å². The normalized spacial score (nSPS) is 27.9. The summed E-state index contributed by atoms with van der Waals surface area (Å²) in [6.07, 6.45) is 5.55. The summed E-state index contributed by atoms with van der Waals surface area (Å²) < 4.78 is 26.9. The summed E-state index contributed by atoms with van der Waals surface area (Å²) >= 11 is 0. The highest BCUT2D eigenvalue weighted by molar-refractivity contribution is 8.13. The average molecular weight is 255 g/mol. The summed E-state index contributed by atoms with van der Waals surface area (Å²) in [4.78, 5) is 0. The lowest BCUT2D eigenvalue weighted by Crippen LogP contribution is -2.22. The van der Waals surface area contributed by atoms with E-state index < -0.39 is 9.05 Å². The van der Waals surface area contributed by atoms with Crippen LogP contribution in [0.3, 0.4) is 0 Å². The first-order valence-electron chi connectivity index (χ1n) is 5.51. The molecule has 90 valence electrons. The maximum absolute atomic E-state index is 10.6. The number of rotatable bonds is 5. The number of halogens is 1. The molecule has 0 aliphatic heterocycles. The Morgan fingerprint density at radius 1 is 1.40 bits per heavy atom. The lowest BCUT2D eigenvalue weighted by Gasteiger charge is -2.26. The van der Waals surface area contributed by atoms with E-state index in [0.717, 1.165) is 18.8 Å². The highest BCUT2D eigenvalue weighted by Crippen LogP contribution is 2.25. The predicted molar refractivity (Wildman–Crippen MR) is 61.6 cm³/mol. The number of hydrogen-bond donors (Lipinski definition) is 0. The van der Waals surface area contributed by atoms with E-state index in [1.165, 1.54) is 12.8 Å². The maximum atomic E-state index is 10.6. The molecule has 3 nitrogen and oxygen atoms in total. The molecule has 1 saturated carbocycles. The smallest absolute Gasteiger partial charge is 0.232 e. The third-order valence-corrected chi connectivity index (χ3v) is 4.01. The van der Waals surface area contributed by atoms with Crippen LogP contribution in [0.2, 0.25) is 0 Å². The van der Waals surface area contributed by atoms with E-state index in [1.807, 2.05) is 0 Å². The Labute approximate surface area is 96.6 Å². The van der Waals surface area contributed by atoms with Gasteiger partial charge in [-0.05, 0) is 25.2 Å². The third-order valence-electron chi connectivity index (χ3n) is 2.77. The fourth-order valence-electron chi connectivity index (χ4n) is 2.01. The van der Waals surface area contributed by atoms with Crippen LogP contribution in [0.1, 0.15) is 39.0 Å². The van der Waals surface area contributed by atoms with E-state index in [-0.39, 0.29) is 5.75 Å². The molecule has 1 fully saturated rings. The zero-order chi connectivity index (χ0) is 11.3. The van der Waals surface area contributed by atoms with E-state index in [0.29, 0.717) is 19.1 Å². The van der Waals surface area contributed by atoms with Crippen molar-refractivity contribution >= 4 is 19.7 Å². The molecule has 15 heavy (non-hydrogen) atoms. The second-order valence-electron chi connectivity index (χ2n) is 4.36. The quantitative estimate of drug-likeness (QED) is 0.559. The first-order chi connectivity index (χ1) is 6.97. The van der Waals surface area contributed by atoms with E-state index in [9.17, 15) is 8.42 Å². The van der Waals surface area contributed by atoms with Gasteiger partial charge in [0.25, 0.3) is 0 Å². The van der Waals surface area contributed by atoms with Crippen molar-refractivity contribution in [3.8, 4) is 0 Å².